The lowest BCUT2D eigenvalue weighted by Gasteiger charge is -2.50. The van der Waals surface area contributed by atoms with Crippen molar-refractivity contribution in [3.8, 4) is 0 Å². The molecule has 2 heteroatoms. The van der Waals surface area contributed by atoms with Crippen LogP contribution in [0.2, 0.25) is 5.02 Å². The molecule has 1 nitrogen and oxygen atoms in total. The maximum absolute atomic E-state index is 6.07. The van der Waals surface area contributed by atoms with Crippen LogP contribution in [-0.2, 0) is 11.8 Å². The molecule has 2 aliphatic rings. The molecule has 2 aromatic carbocycles. The van der Waals surface area contributed by atoms with Crippen LogP contribution in [0.1, 0.15) is 42.0 Å². The number of nitrogens with one attached hydrogen (secondary N) is 1. The van der Waals surface area contributed by atoms with E-state index < -0.39 is 0 Å². The third-order valence-corrected chi connectivity index (χ3v) is 5.58. The van der Waals surface area contributed by atoms with Crippen LogP contribution >= 0.6 is 11.6 Å². The van der Waals surface area contributed by atoms with Gasteiger partial charge in [0, 0.05) is 16.5 Å². The lowest BCUT2D eigenvalue weighted by atomic mass is 9.58. The lowest BCUT2D eigenvalue weighted by Crippen LogP contribution is -2.49. The second-order valence-electron chi connectivity index (χ2n) is 6.35. The molecule has 1 saturated carbocycles. The molecule has 0 amide bonds. The monoisotopic (exact) mass is 297 g/mol. The van der Waals surface area contributed by atoms with E-state index in [9.17, 15) is 0 Å². The van der Waals surface area contributed by atoms with Crippen molar-refractivity contribution >= 4 is 11.6 Å². The largest absolute Gasteiger partial charge is 0.309 e. The van der Waals surface area contributed by atoms with Crippen LogP contribution in [0, 0.1) is 0 Å². The molecule has 1 heterocycles. The van der Waals surface area contributed by atoms with Crippen molar-refractivity contribution < 1.29 is 0 Å². The second kappa shape index (κ2) is 5.15. The molecule has 0 saturated heterocycles. The van der Waals surface area contributed by atoms with E-state index in [0.717, 1.165) is 18.0 Å². The zero-order valence-corrected chi connectivity index (χ0v) is 12.9. The zero-order chi connectivity index (χ0) is 14.3. The fraction of sp³-hybridized carbons (Fsp3) is 0.368. The maximum atomic E-state index is 6.07. The van der Waals surface area contributed by atoms with E-state index in [4.69, 9.17) is 11.6 Å². The summed E-state index contributed by atoms with van der Waals surface area (Å²) in [7, 11) is 0. The van der Waals surface area contributed by atoms with Gasteiger partial charge in [0.15, 0.2) is 0 Å². The molecule has 1 N–H and O–H groups in total. The molecule has 0 bridgehead atoms. The minimum Gasteiger partial charge on any atom is -0.309 e. The summed E-state index contributed by atoms with van der Waals surface area (Å²) in [4.78, 5) is 0. The fourth-order valence-corrected chi connectivity index (χ4v) is 4.21. The molecule has 1 atom stereocenters. The van der Waals surface area contributed by atoms with Crippen LogP contribution in [0.4, 0.5) is 0 Å². The highest BCUT2D eigenvalue weighted by Gasteiger charge is 2.47. The van der Waals surface area contributed by atoms with E-state index in [1.54, 1.807) is 0 Å². The first-order valence-corrected chi connectivity index (χ1v) is 8.25. The summed E-state index contributed by atoms with van der Waals surface area (Å²) in [5.41, 5.74) is 4.70. The van der Waals surface area contributed by atoms with Crippen molar-refractivity contribution in [3.05, 3.63) is 70.2 Å². The van der Waals surface area contributed by atoms with Crippen molar-refractivity contribution in [2.75, 3.05) is 6.54 Å². The molecule has 0 radical (unpaired) electrons. The highest BCUT2D eigenvalue weighted by Crippen LogP contribution is 2.53. The Labute approximate surface area is 131 Å². The topological polar surface area (TPSA) is 12.0 Å². The Morgan fingerprint density at radius 3 is 2.48 bits per heavy atom. The van der Waals surface area contributed by atoms with Crippen LogP contribution in [0.5, 0.6) is 0 Å². The summed E-state index contributed by atoms with van der Waals surface area (Å²) in [6.45, 7) is 1.08. The average Bonchev–Trinajstić information content (AvgIpc) is 2.48. The Balaban J connectivity index is 1.79. The van der Waals surface area contributed by atoms with Crippen LogP contribution < -0.4 is 5.32 Å². The van der Waals surface area contributed by atoms with E-state index in [-0.39, 0.29) is 5.41 Å². The van der Waals surface area contributed by atoms with Gasteiger partial charge in [0.05, 0.1) is 0 Å². The quantitative estimate of drug-likeness (QED) is 0.851. The van der Waals surface area contributed by atoms with Gasteiger partial charge in [0.25, 0.3) is 0 Å². The molecular weight excluding hydrogens is 278 g/mol. The smallest absolute Gasteiger partial charge is 0.0421 e. The van der Waals surface area contributed by atoms with E-state index in [1.807, 2.05) is 12.1 Å². The van der Waals surface area contributed by atoms with Gasteiger partial charge in [-0.05, 0) is 54.6 Å². The van der Waals surface area contributed by atoms with E-state index >= 15 is 0 Å². The predicted octanol–water partition coefficient (Wildman–Crippen LogP) is 4.65. The van der Waals surface area contributed by atoms with Crippen LogP contribution in [0.15, 0.2) is 48.5 Å². The summed E-state index contributed by atoms with van der Waals surface area (Å²) in [5, 5.41) is 4.62. The summed E-state index contributed by atoms with van der Waals surface area (Å²) >= 11 is 6.07. The SMILES string of the molecule is Clc1ccc(C2(C3NCCc4ccccc43)CCC2)cc1. The fourth-order valence-electron chi connectivity index (χ4n) is 4.08. The highest BCUT2D eigenvalue weighted by molar-refractivity contribution is 6.30. The Morgan fingerprint density at radius 1 is 1.00 bits per heavy atom. The van der Waals surface area contributed by atoms with Gasteiger partial charge in [-0.15, -0.1) is 0 Å². The Morgan fingerprint density at radius 2 is 1.76 bits per heavy atom. The highest BCUT2D eigenvalue weighted by atomic mass is 35.5. The maximum Gasteiger partial charge on any atom is 0.0421 e. The molecule has 21 heavy (non-hydrogen) atoms. The number of fused-ring (bicyclic) bond motifs is 1. The van der Waals surface area contributed by atoms with Gasteiger partial charge in [0.2, 0.25) is 0 Å². The standard InChI is InChI=1S/C19H20ClN/c20-16-8-6-15(7-9-16)19(11-3-12-19)18-17-5-2-1-4-14(17)10-13-21-18/h1-2,4-9,18,21H,3,10-13H2. The first-order valence-electron chi connectivity index (χ1n) is 7.87. The zero-order valence-electron chi connectivity index (χ0n) is 12.1. The average molecular weight is 298 g/mol. The molecule has 1 fully saturated rings. The lowest BCUT2D eigenvalue weighted by molar-refractivity contribution is 0.164. The van der Waals surface area contributed by atoms with Gasteiger partial charge in [-0.2, -0.15) is 0 Å². The molecule has 108 valence electrons. The molecule has 1 unspecified atom stereocenters. The van der Waals surface area contributed by atoms with Crippen LogP contribution in [-0.4, -0.2) is 6.54 Å². The minimum atomic E-state index is 0.251. The van der Waals surface area contributed by atoms with Crippen molar-refractivity contribution in [3.63, 3.8) is 0 Å². The van der Waals surface area contributed by atoms with Gasteiger partial charge in [-0.3, -0.25) is 0 Å². The minimum absolute atomic E-state index is 0.251. The van der Waals surface area contributed by atoms with E-state index in [0.29, 0.717) is 6.04 Å². The first-order chi connectivity index (χ1) is 10.3. The van der Waals surface area contributed by atoms with Gasteiger partial charge in [-0.25, -0.2) is 0 Å². The van der Waals surface area contributed by atoms with Gasteiger partial charge < -0.3 is 5.32 Å². The second-order valence-corrected chi connectivity index (χ2v) is 6.79. The van der Waals surface area contributed by atoms with Gasteiger partial charge in [0.1, 0.15) is 0 Å². The van der Waals surface area contributed by atoms with Crippen LogP contribution in [0.25, 0.3) is 0 Å². The molecule has 2 aromatic rings. The molecule has 4 rings (SSSR count). The number of halogens is 1. The number of benzene rings is 2. The first kappa shape index (κ1) is 13.4. The van der Waals surface area contributed by atoms with Crippen molar-refractivity contribution in [1.29, 1.82) is 0 Å². The van der Waals surface area contributed by atoms with Crippen LogP contribution in [0.3, 0.4) is 0 Å². The molecular formula is C19H20ClN. The Bertz CT molecular complexity index is 643. The van der Waals surface area contributed by atoms with Crippen molar-refractivity contribution in [2.45, 2.75) is 37.1 Å². The van der Waals surface area contributed by atoms with E-state index in [1.165, 1.54) is 36.0 Å². The predicted molar refractivity (Wildman–Crippen MR) is 87.9 cm³/mol. The molecule has 1 aliphatic carbocycles. The summed E-state index contributed by atoms with van der Waals surface area (Å²) in [5.74, 6) is 0. The van der Waals surface area contributed by atoms with Crippen molar-refractivity contribution in [1.82, 2.24) is 5.32 Å². The number of hydrogen-bond donors (Lipinski definition) is 1. The molecule has 1 aliphatic heterocycles. The van der Waals surface area contributed by atoms with E-state index in [2.05, 4.69) is 41.7 Å². The summed E-state index contributed by atoms with van der Waals surface area (Å²) in [6, 6.07) is 17.9. The summed E-state index contributed by atoms with van der Waals surface area (Å²) < 4.78 is 0. The number of hydrogen-bond acceptors (Lipinski definition) is 1. The Kier molecular flexibility index (Phi) is 3.28. The van der Waals surface area contributed by atoms with Gasteiger partial charge in [-0.1, -0.05) is 54.4 Å². The normalized spacial score (nSPS) is 23.2. The third-order valence-electron chi connectivity index (χ3n) is 5.33. The molecule has 0 aromatic heterocycles. The Hall–Kier alpha value is -1.31. The van der Waals surface area contributed by atoms with Crippen molar-refractivity contribution in [2.24, 2.45) is 0 Å². The number of rotatable bonds is 2. The van der Waals surface area contributed by atoms with Gasteiger partial charge >= 0.3 is 0 Å². The molecule has 0 spiro atoms. The third kappa shape index (κ3) is 2.11. The summed E-state index contributed by atoms with van der Waals surface area (Å²) in [6.07, 6.45) is 4.99.